The van der Waals surface area contributed by atoms with Gasteiger partial charge < -0.3 is 19.0 Å². The third-order valence-corrected chi connectivity index (χ3v) is 4.65. The summed E-state index contributed by atoms with van der Waals surface area (Å²) in [5, 5.41) is 10.3. The molecule has 1 aromatic carbocycles. The quantitative estimate of drug-likeness (QED) is 0.898. The summed E-state index contributed by atoms with van der Waals surface area (Å²) < 4.78 is 16.5. The van der Waals surface area contributed by atoms with Crippen molar-refractivity contribution in [3.8, 4) is 23.0 Å². The number of likely N-dealkylation sites (tertiary alicyclic amines) is 1. The molecule has 0 unspecified atom stereocenters. The number of β-amino-alcohol motifs (C(OH)–C–C–N with tert-alkyl or cyclic N) is 1. The smallest absolute Gasteiger partial charge is 0.226 e. The van der Waals surface area contributed by atoms with E-state index in [0.29, 0.717) is 30.5 Å². The number of nitrogens with zero attached hydrogens (tertiary/aromatic N) is 2. The Morgan fingerprint density at radius 1 is 1.28 bits per heavy atom. The molecule has 2 aromatic rings. The molecule has 6 nitrogen and oxygen atoms in total. The summed E-state index contributed by atoms with van der Waals surface area (Å²) >= 11 is 0. The van der Waals surface area contributed by atoms with Crippen molar-refractivity contribution in [2.75, 3.05) is 27.3 Å². The molecule has 0 bridgehead atoms. The maximum absolute atomic E-state index is 10.3. The lowest BCUT2D eigenvalue weighted by Crippen LogP contribution is -2.45. The monoisotopic (exact) mass is 346 g/mol. The third-order valence-electron chi connectivity index (χ3n) is 4.65. The number of aryl methyl sites for hydroxylation is 1. The molecule has 0 aliphatic carbocycles. The van der Waals surface area contributed by atoms with E-state index < -0.39 is 5.60 Å². The second kappa shape index (κ2) is 7.06. The van der Waals surface area contributed by atoms with Crippen LogP contribution in [0, 0.1) is 6.92 Å². The molecule has 1 aliphatic rings. The first kappa shape index (κ1) is 17.8. The van der Waals surface area contributed by atoms with Crippen molar-refractivity contribution in [1.82, 2.24) is 9.88 Å². The summed E-state index contributed by atoms with van der Waals surface area (Å²) in [4.78, 5) is 6.90. The Morgan fingerprint density at radius 2 is 2.04 bits per heavy atom. The summed E-state index contributed by atoms with van der Waals surface area (Å²) in [5.41, 5.74) is 1.13. The first-order valence-electron chi connectivity index (χ1n) is 8.55. The van der Waals surface area contributed by atoms with E-state index >= 15 is 0 Å². The van der Waals surface area contributed by atoms with Crippen LogP contribution in [0.1, 0.15) is 31.2 Å². The molecule has 0 amide bonds. The van der Waals surface area contributed by atoms with Gasteiger partial charge in [-0.3, -0.25) is 4.90 Å². The number of hydrogen-bond donors (Lipinski definition) is 1. The highest BCUT2D eigenvalue weighted by molar-refractivity contribution is 5.60. The number of hydrogen-bond acceptors (Lipinski definition) is 6. The summed E-state index contributed by atoms with van der Waals surface area (Å²) in [6.07, 6.45) is 1.84. The van der Waals surface area contributed by atoms with Crippen LogP contribution in [0.25, 0.3) is 11.5 Å². The Kier molecular flexibility index (Phi) is 5.01. The molecule has 1 aromatic heterocycles. The van der Waals surface area contributed by atoms with Crippen LogP contribution in [0.5, 0.6) is 11.5 Å². The predicted octanol–water partition coefficient (Wildman–Crippen LogP) is 3.01. The zero-order valence-corrected chi connectivity index (χ0v) is 15.3. The first-order chi connectivity index (χ1) is 11.9. The summed E-state index contributed by atoms with van der Waals surface area (Å²) in [6.45, 7) is 6.12. The molecule has 3 rings (SSSR count). The van der Waals surface area contributed by atoms with Crippen molar-refractivity contribution in [3.63, 3.8) is 0 Å². The number of benzene rings is 1. The largest absolute Gasteiger partial charge is 0.493 e. The predicted molar refractivity (Wildman–Crippen MR) is 94.9 cm³/mol. The first-order valence-corrected chi connectivity index (χ1v) is 8.55. The zero-order valence-electron chi connectivity index (χ0n) is 15.3. The van der Waals surface area contributed by atoms with Gasteiger partial charge in [0.15, 0.2) is 11.5 Å². The standard InChI is InChI=1S/C19H26N2O4/c1-13-15(11-21-9-5-8-19(2,22)12-21)20-18(25-13)14-6-7-16(23-3)17(10-14)24-4/h6-7,10,22H,5,8-9,11-12H2,1-4H3/t19-/m1/s1. The van der Waals surface area contributed by atoms with Crippen molar-refractivity contribution >= 4 is 0 Å². The third kappa shape index (κ3) is 3.96. The van der Waals surface area contributed by atoms with Crippen LogP contribution in [0.4, 0.5) is 0 Å². The molecule has 2 heterocycles. The van der Waals surface area contributed by atoms with Crippen LogP contribution < -0.4 is 9.47 Å². The van der Waals surface area contributed by atoms with Crippen LogP contribution in [0.2, 0.25) is 0 Å². The molecule has 1 aliphatic heterocycles. The lowest BCUT2D eigenvalue weighted by molar-refractivity contribution is -0.0185. The van der Waals surface area contributed by atoms with Gasteiger partial charge in [0.05, 0.1) is 25.5 Å². The number of ether oxygens (including phenoxy) is 2. The van der Waals surface area contributed by atoms with E-state index in [4.69, 9.17) is 13.9 Å². The Hall–Kier alpha value is -2.05. The van der Waals surface area contributed by atoms with Gasteiger partial charge in [-0.2, -0.15) is 0 Å². The maximum Gasteiger partial charge on any atom is 0.226 e. The van der Waals surface area contributed by atoms with Crippen molar-refractivity contribution in [2.24, 2.45) is 0 Å². The molecule has 0 spiro atoms. The maximum atomic E-state index is 10.3. The van der Waals surface area contributed by atoms with Gasteiger partial charge in [-0.05, 0) is 51.4 Å². The summed E-state index contributed by atoms with van der Waals surface area (Å²) in [6, 6.07) is 5.61. The van der Waals surface area contributed by atoms with Gasteiger partial charge in [-0.25, -0.2) is 4.98 Å². The van der Waals surface area contributed by atoms with Gasteiger partial charge in [0, 0.05) is 18.7 Å². The Morgan fingerprint density at radius 3 is 2.72 bits per heavy atom. The average molecular weight is 346 g/mol. The Balaban J connectivity index is 1.80. The number of methoxy groups -OCH3 is 2. The minimum atomic E-state index is -0.623. The van der Waals surface area contributed by atoms with Crippen molar-refractivity contribution < 1.29 is 19.0 Å². The number of aromatic nitrogens is 1. The van der Waals surface area contributed by atoms with Crippen molar-refractivity contribution in [2.45, 2.75) is 38.8 Å². The van der Waals surface area contributed by atoms with Crippen LogP contribution in [0.3, 0.4) is 0 Å². The second-order valence-electron chi connectivity index (χ2n) is 6.90. The fourth-order valence-corrected chi connectivity index (χ4v) is 3.34. The second-order valence-corrected chi connectivity index (χ2v) is 6.90. The lowest BCUT2D eigenvalue weighted by atomic mass is 9.95. The van der Waals surface area contributed by atoms with E-state index in [0.717, 1.165) is 36.4 Å². The molecule has 0 saturated carbocycles. The fraction of sp³-hybridized carbons (Fsp3) is 0.526. The fourth-order valence-electron chi connectivity index (χ4n) is 3.34. The Bertz CT molecular complexity index is 739. The molecule has 1 fully saturated rings. The molecule has 6 heteroatoms. The van der Waals surface area contributed by atoms with Crippen LogP contribution >= 0.6 is 0 Å². The van der Waals surface area contributed by atoms with Gasteiger partial charge in [-0.1, -0.05) is 0 Å². The molecule has 1 saturated heterocycles. The van der Waals surface area contributed by atoms with Gasteiger partial charge >= 0.3 is 0 Å². The number of piperidine rings is 1. The molecular formula is C19H26N2O4. The molecule has 0 radical (unpaired) electrons. The molecule has 136 valence electrons. The highest BCUT2D eigenvalue weighted by atomic mass is 16.5. The number of oxazole rings is 1. The summed E-state index contributed by atoms with van der Waals surface area (Å²) in [7, 11) is 3.22. The SMILES string of the molecule is COc1ccc(-c2nc(CN3CCC[C@@](C)(O)C3)c(C)o2)cc1OC. The zero-order chi connectivity index (χ0) is 18.0. The van der Waals surface area contributed by atoms with Crippen LogP contribution in [-0.4, -0.2) is 47.9 Å². The molecule has 1 N–H and O–H groups in total. The van der Waals surface area contributed by atoms with Crippen LogP contribution in [0.15, 0.2) is 22.6 Å². The average Bonchev–Trinajstić information content (AvgIpc) is 2.94. The Labute approximate surface area is 148 Å². The van der Waals surface area contributed by atoms with Gasteiger partial charge in [0.1, 0.15) is 5.76 Å². The van der Waals surface area contributed by atoms with Crippen molar-refractivity contribution in [3.05, 3.63) is 29.7 Å². The lowest BCUT2D eigenvalue weighted by Gasteiger charge is -2.36. The van der Waals surface area contributed by atoms with Crippen molar-refractivity contribution in [1.29, 1.82) is 0 Å². The normalized spacial score (nSPS) is 21.3. The van der Waals surface area contributed by atoms with E-state index in [1.807, 2.05) is 32.0 Å². The van der Waals surface area contributed by atoms with Crippen LogP contribution in [-0.2, 0) is 6.54 Å². The van der Waals surface area contributed by atoms with E-state index in [1.54, 1.807) is 14.2 Å². The number of aliphatic hydroxyl groups is 1. The summed E-state index contributed by atoms with van der Waals surface area (Å²) in [5.74, 6) is 2.68. The van der Waals surface area contributed by atoms with E-state index in [1.165, 1.54) is 0 Å². The van der Waals surface area contributed by atoms with E-state index in [2.05, 4.69) is 9.88 Å². The highest BCUT2D eigenvalue weighted by Gasteiger charge is 2.29. The highest BCUT2D eigenvalue weighted by Crippen LogP contribution is 2.33. The number of rotatable bonds is 5. The van der Waals surface area contributed by atoms with E-state index in [9.17, 15) is 5.11 Å². The minimum Gasteiger partial charge on any atom is -0.493 e. The molecular weight excluding hydrogens is 320 g/mol. The molecule has 25 heavy (non-hydrogen) atoms. The van der Waals surface area contributed by atoms with Gasteiger partial charge in [0.25, 0.3) is 0 Å². The van der Waals surface area contributed by atoms with Gasteiger partial charge in [-0.15, -0.1) is 0 Å². The molecule has 1 atom stereocenters. The minimum absolute atomic E-state index is 0.567. The topological polar surface area (TPSA) is 68.0 Å². The van der Waals surface area contributed by atoms with E-state index in [-0.39, 0.29) is 0 Å². The van der Waals surface area contributed by atoms with Gasteiger partial charge in [0.2, 0.25) is 5.89 Å².